The summed E-state index contributed by atoms with van der Waals surface area (Å²) in [6, 6.07) is 0. The van der Waals surface area contributed by atoms with Crippen LogP contribution in [0.25, 0.3) is 0 Å². The van der Waals surface area contributed by atoms with Crippen LogP contribution in [0.1, 0.15) is 57.8 Å². The fraction of sp³-hybridized carbons (Fsp3) is 0.909. The van der Waals surface area contributed by atoms with E-state index in [0.717, 1.165) is 45.3 Å². The van der Waals surface area contributed by atoms with Gasteiger partial charge in [-0.05, 0) is 70.4 Å². The molecular formula is C22H40ClNO3. The maximum atomic E-state index is 10.6. The van der Waals surface area contributed by atoms with Crippen molar-refractivity contribution in [2.24, 2.45) is 17.8 Å². The van der Waals surface area contributed by atoms with Crippen molar-refractivity contribution in [1.29, 1.82) is 0 Å². The number of rotatable bonds is 11. The Kier molecular flexibility index (Phi) is 10.7. The van der Waals surface area contributed by atoms with Gasteiger partial charge in [0, 0.05) is 11.9 Å². The number of halogens is 1. The second-order valence-electron chi connectivity index (χ2n) is 8.77. The van der Waals surface area contributed by atoms with Crippen molar-refractivity contribution in [2.75, 3.05) is 33.9 Å². The first-order valence-corrected chi connectivity index (χ1v) is 11.3. The van der Waals surface area contributed by atoms with Crippen LogP contribution in [-0.2, 0) is 4.74 Å². The predicted octanol–water partition coefficient (Wildman–Crippen LogP) is 3.84. The van der Waals surface area contributed by atoms with Gasteiger partial charge < -0.3 is 19.8 Å². The fourth-order valence-electron chi connectivity index (χ4n) is 4.70. The van der Waals surface area contributed by atoms with Gasteiger partial charge in [-0.2, -0.15) is 0 Å². The number of nitrogens with zero attached hydrogens (tertiary/aromatic N) is 1. The summed E-state index contributed by atoms with van der Waals surface area (Å²) < 4.78 is 5.59. The van der Waals surface area contributed by atoms with Crippen molar-refractivity contribution in [2.45, 2.75) is 75.4 Å². The van der Waals surface area contributed by atoms with Gasteiger partial charge >= 0.3 is 0 Å². The Balaban J connectivity index is 1.72. The lowest BCUT2D eigenvalue weighted by molar-refractivity contribution is 0.0536. The van der Waals surface area contributed by atoms with E-state index in [0.29, 0.717) is 24.9 Å². The third-order valence-electron chi connectivity index (χ3n) is 6.44. The van der Waals surface area contributed by atoms with Crippen LogP contribution < -0.4 is 0 Å². The van der Waals surface area contributed by atoms with Gasteiger partial charge in [0.2, 0.25) is 0 Å². The lowest BCUT2D eigenvalue weighted by atomic mass is 9.81. The summed E-state index contributed by atoms with van der Waals surface area (Å²) in [6.07, 6.45) is 13.0. The fourth-order valence-corrected chi connectivity index (χ4v) is 5.17. The topological polar surface area (TPSA) is 52.9 Å². The first kappa shape index (κ1) is 23.2. The molecule has 2 aliphatic carbocycles. The van der Waals surface area contributed by atoms with Crippen molar-refractivity contribution < 1.29 is 14.9 Å². The van der Waals surface area contributed by atoms with Gasteiger partial charge in [-0.25, -0.2) is 0 Å². The van der Waals surface area contributed by atoms with Crippen LogP contribution in [-0.4, -0.2) is 66.6 Å². The van der Waals surface area contributed by atoms with Gasteiger partial charge in [0.05, 0.1) is 25.4 Å². The third kappa shape index (κ3) is 8.02. The lowest BCUT2D eigenvalue weighted by Crippen LogP contribution is -2.26. The minimum atomic E-state index is -0.333. The molecule has 0 aromatic rings. The molecule has 2 rings (SSSR count). The number of allylic oxidation sites excluding steroid dienone is 1. The van der Waals surface area contributed by atoms with Crippen LogP contribution in [0.15, 0.2) is 12.2 Å². The number of likely N-dealkylation sites (N-methyl/N-ethyl adjacent to an activating group) is 1. The Bertz CT molecular complexity index is 426. The predicted molar refractivity (Wildman–Crippen MR) is 112 cm³/mol. The van der Waals surface area contributed by atoms with E-state index in [1.807, 2.05) is 14.1 Å². The Morgan fingerprint density at radius 1 is 1.15 bits per heavy atom. The molecule has 27 heavy (non-hydrogen) atoms. The van der Waals surface area contributed by atoms with Gasteiger partial charge in [-0.3, -0.25) is 0 Å². The first-order chi connectivity index (χ1) is 13.0. The van der Waals surface area contributed by atoms with Crippen LogP contribution in [0.3, 0.4) is 0 Å². The van der Waals surface area contributed by atoms with Crippen LogP contribution in [0.5, 0.6) is 0 Å². The van der Waals surface area contributed by atoms with E-state index in [2.05, 4.69) is 17.1 Å². The van der Waals surface area contributed by atoms with E-state index in [1.165, 1.54) is 19.3 Å². The highest BCUT2D eigenvalue weighted by Gasteiger charge is 2.40. The summed E-state index contributed by atoms with van der Waals surface area (Å²) in [5.41, 5.74) is 0. The molecule has 2 N–H and O–H groups in total. The molecule has 5 heteroatoms. The largest absolute Gasteiger partial charge is 0.393 e. The molecule has 0 bridgehead atoms. The standard InChI is InChI=1S/C22H40ClNO3/c1-24(2)13-15-27-14-7-6-10-18-19(22(26)16-20(18)23)11-12-21(25)17-8-4-3-5-9-17/h6-7,17-22,25-26H,3-5,8-16H2,1-2H3/b7-6-/t18?,19?,20-,21-,22-/m0/s1. The van der Waals surface area contributed by atoms with Gasteiger partial charge in [0.25, 0.3) is 0 Å². The van der Waals surface area contributed by atoms with E-state index in [9.17, 15) is 10.2 Å². The van der Waals surface area contributed by atoms with Gasteiger partial charge in [-0.1, -0.05) is 31.4 Å². The number of hydrogen-bond donors (Lipinski definition) is 2. The monoisotopic (exact) mass is 401 g/mol. The number of ether oxygens (including phenoxy) is 1. The molecule has 0 saturated heterocycles. The van der Waals surface area contributed by atoms with E-state index in [-0.39, 0.29) is 23.5 Å². The Morgan fingerprint density at radius 3 is 2.59 bits per heavy atom. The van der Waals surface area contributed by atoms with Crippen molar-refractivity contribution in [3.05, 3.63) is 12.2 Å². The molecular weight excluding hydrogens is 362 g/mol. The van der Waals surface area contributed by atoms with Gasteiger partial charge in [0.1, 0.15) is 0 Å². The first-order valence-electron chi connectivity index (χ1n) is 10.9. The van der Waals surface area contributed by atoms with Crippen molar-refractivity contribution >= 4 is 11.6 Å². The number of hydrogen-bond acceptors (Lipinski definition) is 4. The highest BCUT2D eigenvalue weighted by molar-refractivity contribution is 6.21. The van der Waals surface area contributed by atoms with E-state index >= 15 is 0 Å². The highest BCUT2D eigenvalue weighted by atomic mass is 35.5. The molecule has 0 amide bonds. The second-order valence-corrected chi connectivity index (χ2v) is 9.34. The Labute approximate surface area is 170 Å². The molecule has 2 fully saturated rings. The molecule has 4 nitrogen and oxygen atoms in total. The van der Waals surface area contributed by atoms with Crippen molar-refractivity contribution in [3.8, 4) is 0 Å². The lowest BCUT2D eigenvalue weighted by Gasteiger charge is -2.29. The molecule has 0 radical (unpaired) electrons. The average Bonchev–Trinajstić information content (AvgIpc) is 2.92. The molecule has 0 spiro atoms. The zero-order chi connectivity index (χ0) is 19.6. The summed E-state index contributed by atoms with van der Waals surface area (Å²) in [6.45, 7) is 2.29. The molecule has 0 heterocycles. The van der Waals surface area contributed by atoms with Crippen molar-refractivity contribution in [1.82, 2.24) is 4.90 Å². The number of alkyl halides is 1. The maximum Gasteiger partial charge on any atom is 0.0648 e. The Hall–Kier alpha value is -0.130. The van der Waals surface area contributed by atoms with Crippen molar-refractivity contribution in [3.63, 3.8) is 0 Å². The second kappa shape index (κ2) is 12.4. The summed E-state index contributed by atoms with van der Waals surface area (Å²) in [4.78, 5) is 2.11. The summed E-state index contributed by atoms with van der Waals surface area (Å²) in [7, 11) is 4.08. The minimum Gasteiger partial charge on any atom is -0.393 e. The van der Waals surface area contributed by atoms with E-state index in [1.54, 1.807) is 0 Å². The molecule has 2 saturated carbocycles. The maximum absolute atomic E-state index is 10.6. The minimum absolute atomic E-state index is 0.0242. The number of aliphatic hydroxyl groups is 2. The van der Waals surface area contributed by atoms with Crippen LogP contribution >= 0.6 is 11.6 Å². The normalized spacial score (nSPS) is 31.2. The molecule has 0 aliphatic heterocycles. The third-order valence-corrected chi connectivity index (χ3v) is 6.94. The quantitative estimate of drug-likeness (QED) is 0.314. The molecule has 0 aromatic heterocycles. The van der Waals surface area contributed by atoms with E-state index < -0.39 is 0 Å². The molecule has 2 aliphatic rings. The summed E-state index contributed by atoms with van der Waals surface area (Å²) >= 11 is 6.54. The highest BCUT2D eigenvalue weighted by Crippen LogP contribution is 2.42. The zero-order valence-corrected chi connectivity index (χ0v) is 18.0. The zero-order valence-electron chi connectivity index (χ0n) is 17.2. The van der Waals surface area contributed by atoms with Crippen LogP contribution in [0, 0.1) is 17.8 Å². The average molecular weight is 402 g/mol. The van der Waals surface area contributed by atoms with Gasteiger partial charge in [-0.15, -0.1) is 11.6 Å². The molecule has 158 valence electrons. The molecule has 2 unspecified atom stereocenters. The Morgan fingerprint density at radius 2 is 1.89 bits per heavy atom. The summed E-state index contributed by atoms with van der Waals surface area (Å²) in [5.74, 6) is 0.949. The smallest absolute Gasteiger partial charge is 0.0648 e. The number of aliphatic hydroxyl groups excluding tert-OH is 2. The molecule has 5 atom stereocenters. The summed E-state index contributed by atoms with van der Waals surface area (Å²) in [5, 5.41) is 21.0. The van der Waals surface area contributed by atoms with Crippen LogP contribution in [0.4, 0.5) is 0 Å². The van der Waals surface area contributed by atoms with Gasteiger partial charge in [0.15, 0.2) is 0 Å². The van der Waals surface area contributed by atoms with E-state index in [4.69, 9.17) is 16.3 Å². The van der Waals surface area contributed by atoms with Crippen LogP contribution in [0.2, 0.25) is 0 Å². The SMILES string of the molecule is CN(C)CCOC/C=C\CC1C(CC[C@H](O)C2CCCCC2)[C@@H](O)C[C@@H]1Cl. The molecule has 0 aromatic carbocycles.